The van der Waals surface area contributed by atoms with Crippen molar-refractivity contribution in [3.8, 4) is 11.3 Å². The van der Waals surface area contributed by atoms with Gasteiger partial charge < -0.3 is 10.3 Å². The molecule has 1 atom stereocenters. The van der Waals surface area contributed by atoms with E-state index in [9.17, 15) is 0 Å². The molecule has 2 nitrogen and oxygen atoms in total. The average molecular weight is 290 g/mol. The Morgan fingerprint density at radius 3 is 2.55 bits per heavy atom. The van der Waals surface area contributed by atoms with Crippen molar-refractivity contribution in [2.24, 2.45) is 0 Å². The first-order chi connectivity index (χ1) is 10.9. The number of piperidine rings is 1. The lowest BCUT2D eigenvalue weighted by molar-refractivity contribution is 0.400. The molecule has 0 bridgehead atoms. The molecule has 0 amide bonds. The molecule has 1 aliphatic rings. The van der Waals surface area contributed by atoms with Gasteiger partial charge in [0.15, 0.2) is 0 Å². The predicted octanol–water partition coefficient (Wildman–Crippen LogP) is 4.52. The van der Waals surface area contributed by atoms with Crippen LogP contribution in [0.3, 0.4) is 0 Å². The summed E-state index contributed by atoms with van der Waals surface area (Å²) in [6, 6.07) is 20.0. The van der Waals surface area contributed by atoms with Gasteiger partial charge in [-0.3, -0.25) is 0 Å². The monoisotopic (exact) mass is 290 g/mol. The van der Waals surface area contributed by atoms with Crippen molar-refractivity contribution in [2.45, 2.75) is 31.7 Å². The van der Waals surface area contributed by atoms with E-state index in [2.05, 4.69) is 64.9 Å². The largest absolute Gasteiger partial charge is 0.354 e. The Morgan fingerprint density at radius 1 is 0.909 bits per heavy atom. The summed E-state index contributed by atoms with van der Waals surface area (Å²) in [5, 5.41) is 5.06. The minimum Gasteiger partial charge on any atom is -0.354 e. The molecule has 2 aromatic carbocycles. The number of benzene rings is 2. The number of hydrogen-bond donors (Lipinski definition) is 2. The standard InChI is InChI=1S/C20H22N2/c1-2-8-15(9-3-1)20-18(14-16-10-6-7-13-21-16)17-11-4-5-12-19(17)22-20/h1-5,8-9,11-12,16,21-22H,6-7,10,13-14H2/t16-/m1/s1. The van der Waals surface area contributed by atoms with Crippen LogP contribution in [0.15, 0.2) is 54.6 Å². The van der Waals surface area contributed by atoms with E-state index in [-0.39, 0.29) is 0 Å². The summed E-state index contributed by atoms with van der Waals surface area (Å²) < 4.78 is 0. The zero-order chi connectivity index (χ0) is 14.8. The van der Waals surface area contributed by atoms with Crippen LogP contribution in [0.4, 0.5) is 0 Å². The molecule has 2 N–H and O–H groups in total. The van der Waals surface area contributed by atoms with Crippen LogP contribution in [0.5, 0.6) is 0 Å². The van der Waals surface area contributed by atoms with Crippen molar-refractivity contribution >= 4 is 10.9 Å². The van der Waals surface area contributed by atoms with Crippen LogP contribution in [0.25, 0.3) is 22.2 Å². The minimum absolute atomic E-state index is 0.607. The van der Waals surface area contributed by atoms with Crippen molar-refractivity contribution in [2.75, 3.05) is 6.54 Å². The van der Waals surface area contributed by atoms with Crippen molar-refractivity contribution in [1.29, 1.82) is 0 Å². The lowest BCUT2D eigenvalue weighted by Crippen LogP contribution is -2.35. The summed E-state index contributed by atoms with van der Waals surface area (Å²) in [6.45, 7) is 1.16. The van der Waals surface area contributed by atoms with E-state index in [1.807, 2.05) is 0 Å². The van der Waals surface area contributed by atoms with E-state index in [0.29, 0.717) is 6.04 Å². The van der Waals surface area contributed by atoms with Crippen LogP contribution < -0.4 is 5.32 Å². The van der Waals surface area contributed by atoms with Gasteiger partial charge in [-0.25, -0.2) is 0 Å². The van der Waals surface area contributed by atoms with Crippen LogP contribution in [0.1, 0.15) is 24.8 Å². The summed E-state index contributed by atoms with van der Waals surface area (Å²) >= 11 is 0. The molecule has 112 valence electrons. The second-order valence-corrected chi connectivity index (χ2v) is 6.24. The molecular weight excluding hydrogens is 268 g/mol. The number of aromatic nitrogens is 1. The Hall–Kier alpha value is -2.06. The van der Waals surface area contributed by atoms with Gasteiger partial charge >= 0.3 is 0 Å². The lowest BCUT2D eigenvalue weighted by Gasteiger charge is -2.23. The first-order valence-electron chi connectivity index (χ1n) is 8.30. The Balaban J connectivity index is 1.79. The fourth-order valence-electron chi connectivity index (χ4n) is 3.61. The second-order valence-electron chi connectivity index (χ2n) is 6.24. The van der Waals surface area contributed by atoms with Gasteiger partial charge in [0, 0.05) is 22.6 Å². The van der Waals surface area contributed by atoms with Gasteiger partial charge in [-0.1, -0.05) is 55.0 Å². The molecule has 4 rings (SSSR count). The van der Waals surface area contributed by atoms with Gasteiger partial charge in [0.05, 0.1) is 0 Å². The van der Waals surface area contributed by atoms with Crippen LogP contribution >= 0.6 is 0 Å². The number of nitrogens with one attached hydrogen (secondary N) is 2. The van der Waals surface area contributed by atoms with E-state index in [4.69, 9.17) is 0 Å². The minimum atomic E-state index is 0.607. The highest BCUT2D eigenvalue weighted by molar-refractivity contribution is 5.90. The fourth-order valence-corrected chi connectivity index (χ4v) is 3.61. The van der Waals surface area contributed by atoms with Gasteiger partial charge in [0.25, 0.3) is 0 Å². The van der Waals surface area contributed by atoms with Crippen LogP contribution in [-0.2, 0) is 6.42 Å². The highest BCUT2D eigenvalue weighted by Crippen LogP contribution is 2.32. The Kier molecular flexibility index (Phi) is 3.69. The maximum atomic E-state index is 3.69. The van der Waals surface area contributed by atoms with E-state index >= 15 is 0 Å². The molecule has 0 spiro atoms. The normalized spacial score (nSPS) is 18.6. The third-order valence-electron chi connectivity index (χ3n) is 4.74. The molecule has 0 saturated carbocycles. The van der Waals surface area contributed by atoms with Gasteiger partial charge in [0.1, 0.15) is 0 Å². The number of para-hydroxylation sites is 1. The average Bonchev–Trinajstić information content (AvgIpc) is 2.95. The van der Waals surface area contributed by atoms with Crippen molar-refractivity contribution in [3.63, 3.8) is 0 Å². The molecule has 2 heteroatoms. The number of rotatable bonds is 3. The smallest absolute Gasteiger partial charge is 0.0497 e. The summed E-state index contributed by atoms with van der Waals surface area (Å²) in [5.74, 6) is 0. The van der Waals surface area contributed by atoms with Crippen molar-refractivity contribution < 1.29 is 0 Å². The van der Waals surface area contributed by atoms with E-state index in [1.165, 1.54) is 47.0 Å². The molecule has 2 heterocycles. The molecule has 1 aromatic heterocycles. The van der Waals surface area contributed by atoms with Gasteiger partial charge in [0.2, 0.25) is 0 Å². The highest BCUT2D eigenvalue weighted by atomic mass is 14.9. The lowest BCUT2D eigenvalue weighted by atomic mass is 9.94. The zero-order valence-corrected chi connectivity index (χ0v) is 12.8. The molecule has 1 fully saturated rings. The van der Waals surface area contributed by atoms with Crippen LogP contribution in [-0.4, -0.2) is 17.6 Å². The highest BCUT2D eigenvalue weighted by Gasteiger charge is 2.19. The second kappa shape index (κ2) is 5.98. The first-order valence-corrected chi connectivity index (χ1v) is 8.30. The van der Waals surface area contributed by atoms with Crippen LogP contribution in [0, 0.1) is 0 Å². The number of H-pyrrole nitrogens is 1. The summed E-state index contributed by atoms with van der Waals surface area (Å²) in [5.41, 5.74) is 5.27. The molecular formula is C20H22N2. The van der Waals surface area contributed by atoms with Gasteiger partial charge in [-0.2, -0.15) is 0 Å². The quantitative estimate of drug-likeness (QED) is 0.729. The summed E-state index contributed by atoms with van der Waals surface area (Å²) in [6.07, 6.45) is 5.05. The number of aromatic amines is 1. The van der Waals surface area contributed by atoms with Crippen molar-refractivity contribution in [3.05, 3.63) is 60.2 Å². The molecule has 0 radical (unpaired) electrons. The number of fused-ring (bicyclic) bond motifs is 1. The van der Waals surface area contributed by atoms with Gasteiger partial charge in [-0.15, -0.1) is 0 Å². The third-order valence-corrected chi connectivity index (χ3v) is 4.74. The Morgan fingerprint density at radius 2 is 1.73 bits per heavy atom. The maximum Gasteiger partial charge on any atom is 0.0497 e. The topological polar surface area (TPSA) is 27.8 Å². The molecule has 1 aliphatic heterocycles. The van der Waals surface area contributed by atoms with E-state index in [0.717, 1.165) is 13.0 Å². The SMILES string of the molecule is c1ccc(-c2[nH]c3ccccc3c2C[C@H]2CCCCN2)cc1. The molecule has 0 aliphatic carbocycles. The van der Waals surface area contributed by atoms with E-state index in [1.54, 1.807) is 0 Å². The van der Waals surface area contributed by atoms with Gasteiger partial charge in [-0.05, 0) is 43.0 Å². The maximum absolute atomic E-state index is 3.69. The van der Waals surface area contributed by atoms with E-state index < -0.39 is 0 Å². The predicted molar refractivity (Wildman–Crippen MR) is 93.1 cm³/mol. The Labute approximate surface area is 131 Å². The molecule has 3 aromatic rings. The van der Waals surface area contributed by atoms with Crippen molar-refractivity contribution in [1.82, 2.24) is 10.3 Å². The summed E-state index contributed by atoms with van der Waals surface area (Å²) in [7, 11) is 0. The Bertz CT molecular complexity index is 752. The fraction of sp³-hybridized carbons (Fsp3) is 0.300. The van der Waals surface area contributed by atoms with Crippen LogP contribution in [0.2, 0.25) is 0 Å². The molecule has 22 heavy (non-hydrogen) atoms. The molecule has 0 unspecified atom stereocenters. The zero-order valence-electron chi connectivity index (χ0n) is 12.8. The molecule has 1 saturated heterocycles. The number of hydrogen-bond acceptors (Lipinski definition) is 1. The third kappa shape index (κ3) is 2.55. The first kappa shape index (κ1) is 13.6. The summed E-state index contributed by atoms with van der Waals surface area (Å²) in [4.78, 5) is 3.64.